The summed E-state index contributed by atoms with van der Waals surface area (Å²) in [7, 11) is 1.54. The number of amides is 1. The summed E-state index contributed by atoms with van der Waals surface area (Å²) in [6.07, 6.45) is 0. The Morgan fingerprint density at radius 3 is 2.80 bits per heavy atom. The summed E-state index contributed by atoms with van der Waals surface area (Å²) in [6.45, 7) is 0.992. The first-order valence-corrected chi connectivity index (χ1v) is 5.51. The fourth-order valence-electron chi connectivity index (χ4n) is 1.31. The van der Waals surface area contributed by atoms with Crippen LogP contribution in [0.3, 0.4) is 0 Å². The number of anilines is 1. The van der Waals surface area contributed by atoms with Crippen LogP contribution in [0.4, 0.5) is 11.4 Å². The van der Waals surface area contributed by atoms with Gasteiger partial charge in [-0.05, 0) is 6.07 Å². The number of nitrogens with zero attached hydrogens (tertiary/aromatic N) is 1. The molecule has 8 nitrogen and oxygen atoms in total. The van der Waals surface area contributed by atoms with Gasteiger partial charge in [-0.15, -0.1) is 12.4 Å². The smallest absolute Gasteiger partial charge is 0.271 e. The Hall–Kier alpha value is -1.90. The van der Waals surface area contributed by atoms with Crippen LogP contribution in [-0.2, 0) is 9.53 Å². The second kappa shape index (κ2) is 9.08. The van der Waals surface area contributed by atoms with Gasteiger partial charge in [-0.1, -0.05) is 0 Å². The molecule has 0 aliphatic rings. The number of nitrogens with one attached hydrogen (secondary N) is 2. The van der Waals surface area contributed by atoms with Crippen molar-refractivity contribution in [2.24, 2.45) is 0 Å². The van der Waals surface area contributed by atoms with Gasteiger partial charge in [0.05, 0.1) is 23.8 Å². The minimum atomic E-state index is -0.605. The number of rotatable bonds is 7. The van der Waals surface area contributed by atoms with E-state index in [1.165, 1.54) is 0 Å². The molecule has 112 valence electrons. The lowest BCUT2D eigenvalue weighted by Gasteiger charge is -2.08. The molecule has 1 aromatic carbocycles. The summed E-state index contributed by atoms with van der Waals surface area (Å²) in [5, 5.41) is 25.3. The number of hydrogen-bond donors (Lipinski definition) is 3. The number of benzene rings is 1. The Labute approximate surface area is 121 Å². The third-order valence-corrected chi connectivity index (χ3v) is 2.23. The molecule has 3 N–H and O–H groups in total. The first kappa shape index (κ1) is 18.1. The largest absolute Gasteiger partial charge is 0.506 e. The predicted octanol–water partition coefficient (Wildman–Crippen LogP) is 0.897. The molecule has 1 rings (SSSR count). The number of carbonyl (C=O) groups is 1. The van der Waals surface area contributed by atoms with E-state index in [9.17, 15) is 20.0 Å². The SMILES string of the molecule is COCCNCC(=O)Nc1cc([N+](=O)[O-])ccc1O.Cl. The molecule has 0 bridgehead atoms. The second-order valence-electron chi connectivity index (χ2n) is 3.68. The molecule has 0 heterocycles. The number of nitro benzene ring substituents is 1. The third kappa shape index (κ3) is 5.83. The van der Waals surface area contributed by atoms with Crippen LogP contribution in [0.1, 0.15) is 0 Å². The summed E-state index contributed by atoms with van der Waals surface area (Å²) < 4.78 is 4.79. The van der Waals surface area contributed by atoms with E-state index in [0.29, 0.717) is 13.2 Å². The zero-order valence-corrected chi connectivity index (χ0v) is 11.6. The number of halogens is 1. The van der Waals surface area contributed by atoms with Crippen molar-refractivity contribution in [3.05, 3.63) is 28.3 Å². The molecule has 0 aliphatic heterocycles. The van der Waals surface area contributed by atoms with E-state index in [-0.39, 0.29) is 36.1 Å². The maximum atomic E-state index is 11.5. The van der Waals surface area contributed by atoms with Crippen LogP contribution >= 0.6 is 12.4 Å². The topological polar surface area (TPSA) is 114 Å². The van der Waals surface area contributed by atoms with Gasteiger partial charge in [-0.25, -0.2) is 0 Å². The zero-order chi connectivity index (χ0) is 14.3. The fraction of sp³-hybridized carbons (Fsp3) is 0.364. The summed E-state index contributed by atoms with van der Waals surface area (Å²) in [5.41, 5.74) is -0.201. The lowest BCUT2D eigenvalue weighted by molar-refractivity contribution is -0.384. The van der Waals surface area contributed by atoms with E-state index in [1.807, 2.05) is 0 Å². The predicted molar refractivity (Wildman–Crippen MR) is 75.4 cm³/mol. The minimum absolute atomic E-state index is 0. The number of carbonyl (C=O) groups excluding carboxylic acids is 1. The number of nitro groups is 1. The molecule has 0 spiro atoms. The Kier molecular flexibility index (Phi) is 8.21. The Morgan fingerprint density at radius 1 is 1.50 bits per heavy atom. The van der Waals surface area contributed by atoms with Gasteiger partial charge in [0.25, 0.3) is 5.69 Å². The third-order valence-electron chi connectivity index (χ3n) is 2.23. The molecule has 1 amide bonds. The average Bonchev–Trinajstić information content (AvgIpc) is 2.37. The molecule has 0 aromatic heterocycles. The molecular formula is C11H16ClN3O5. The number of hydrogen-bond acceptors (Lipinski definition) is 6. The number of methoxy groups -OCH3 is 1. The van der Waals surface area contributed by atoms with Crippen molar-refractivity contribution < 1.29 is 19.6 Å². The molecule has 0 unspecified atom stereocenters. The molecule has 0 atom stereocenters. The lowest BCUT2D eigenvalue weighted by atomic mass is 10.2. The Balaban J connectivity index is 0.00000361. The molecule has 0 saturated heterocycles. The van der Waals surface area contributed by atoms with Crippen molar-refractivity contribution in [3.8, 4) is 5.75 Å². The van der Waals surface area contributed by atoms with Crippen molar-refractivity contribution in [2.75, 3.05) is 32.1 Å². The molecule has 0 radical (unpaired) electrons. The van der Waals surface area contributed by atoms with Crippen LogP contribution in [0.2, 0.25) is 0 Å². The number of phenolic OH excluding ortho intramolecular Hbond substituents is 1. The average molecular weight is 306 g/mol. The van der Waals surface area contributed by atoms with Crippen LogP contribution in [0.15, 0.2) is 18.2 Å². The number of ether oxygens (including phenoxy) is 1. The summed E-state index contributed by atoms with van der Waals surface area (Å²) in [5.74, 6) is -0.636. The van der Waals surface area contributed by atoms with Crippen molar-refractivity contribution >= 4 is 29.7 Å². The van der Waals surface area contributed by atoms with Gasteiger partial charge in [0.15, 0.2) is 0 Å². The van der Waals surface area contributed by atoms with E-state index in [0.717, 1.165) is 18.2 Å². The molecular weight excluding hydrogens is 290 g/mol. The van der Waals surface area contributed by atoms with Crippen molar-refractivity contribution in [1.29, 1.82) is 0 Å². The van der Waals surface area contributed by atoms with E-state index >= 15 is 0 Å². The van der Waals surface area contributed by atoms with Crippen molar-refractivity contribution in [1.82, 2.24) is 5.32 Å². The second-order valence-corrected chi connectivity index (χ2v) is 3.68. The van der Waals surface area contributed by atoms with Crippen LogP contribution < -0.4 is 10.6 Å². The number of aromatic hydroxyl groups is 1. The number of non-ortho nitro benzene ring substituents is 1. The van der Waals surface area contributed by atoms with Crippen molar-refractivity contribution in [2.45, 2.75) is 0 Å². The first-order valence-electron chi connectivity index (χ1n) is 5.51. The van der Waals surface area contributed by atoms with Gasteiger partial charge in [-0.2, -0.15) is 0 Å². The summed E-state index contributed by atoms with van der Waals surface area (Å²) in [4.78, 5) is 21.5. The minimum Gasteiger partial charge on any atom is -0.506 e. The van der Waals surface area contributed by atoms with Crippen LogP contribution in [-0.4, -0.2) is 42.7 Å². The van der Waals surface area contributed by atoms with Gasteiger partial charge in [0, 0.05) is 25.8 Å². The lowest BCUT2D eigenvalue weighted by Crippen LogP contribution is -2.30. The maximum Gasteiger partial charge on any atom is 0.271 e. The zero-order valence-electron chi connectivity index (χ0n) is 10.8. The molecule has 1 aromatic rings. The van der Waals surface area contributed by atoms with Gasteiger partial charge in [0.2, 0.25) is 5.91 Å². The van der Waals surface area contributed by atoms with Gasteiger partial charge >= 0.3 is 0 Å². The van der Waals surface area contributed by atoms with Gasteiger partial charge in [0.1, 0.15) is 5.75 Å². The number of phenols is 1. The molecule has 20 heavy (non-hydrogen) atoms. The van der Waals surface area contributed by atoms with E-state index in [4.69, 9.17) is 4.74 Å². The van der Waals surface area contributed by atoms with Crippen LogP contribution in [0, 0.1) is 10.1 Å². The van der Waals surface area contributed by atoms with Gasteiger partial charge in [-0.3, -0.25) is 14.9 Å². The van der Waals surface area contributed by atoms with E-state index in [2.05, 4.69) is 10.6 Å². The Bertz CT molecular complexity index is 469. The van der Waals surface area contributed by atoms with E-state index in [1.54, 1.807) is 7.11 Å². The highest BCUT2D eigenvalue weighted by Crippen LogP contribution is 2.27. The summed E-state index contributed by atoms with van der Waals surface area (Å²) >= 11 is 0. The monoisotopic (exact) mass is 305 g/mol. The van der Waals surface area contributed by atoms with Crippen LogP contribution in [0.25, 0.3) is 0 Å². The van der Waals surface area contributed by atoms with Crippen LogP contribution in [0.5, 0.6) is 5.75 Å². The molecule has 0 aliphatic carbocycles. The normalized spacial score (nSPS) is 9.65. The quantitative estimate of drug-likeness (QED) is 0.298. The standard InChI is InChI=1S/C11H15N3O5.ClH/c1-19-5-4-12-7-11(16)13-9-6-8(14(17)18)2-3-10(9)15;/h2-3,6,12,15H,4-5,7H2,1H3,(H,13,16);1H. The molecule has 0 saturated carbocycles. The highest BCUT2D eigenvalue weighted by molar-refractivity contribution is 5.94. The highest BCUT2D eigenvalue weighted by atomic mass is 35.5. The molecule has 9 heteroatoms. The summed E-state index contributed by atoms with van der Waals surface area (Å²) in [6, 6.07) is 3.41. The Morgan fingerprint density at radius 2 is 2.20 bits per heavy atom. The highest BCUT2D eigenvalue weighted by Gasteiger charge is 2.12. The maximum absolute atomic E-state index is 11.5. The fourth-order valence-corrected chi connectivity index (χ4v) is 1.31. The van der Waals surface area contributed by atoms with E-state index < -0.39 is 10.8 Å². The van der Waals surface area contributed by atoms with Gasteiger partial charge < -0.3 is 20.5 Å². The first-order chi connectivity index (χ1) is 9.04. The van der Waals surface area contributed by atoms with Crippen molar-refractivity contribution in [3.63, 3.8) is 0 Å². The molecule has 0 fully saturated rings.